The number of hydrogen-bond acceptors (Lipinski definition) is 5. The number of nitrogens with one attached hydrogen (secondary N) is 2. The molecule has 0 radical (unpaired) electrons. The lowest BCUT2D eigenvalue weighted by Gasteiger charge is -2.38. The van der Waals surface area contributed by atoms with E-state index in [0.717, 1.165) is 32.5 Å². The number of amides is 1. The Morgan fingerprint density at radius 1 is 1.23 bits per heavy atom. The molecule has 1 spiro atoms. The number of carbonyl (C=O) groups is 1. The van der Waals surface area contributed by atoms with E-state index < -0.39 is 22.8 Å². The molecule has 2 aliphatic heterocycles. The van der Waals surface area contributed by atoms with Crippen molar-refractivity contribution in [2.45, 2.75) is 50.7 Å². The summed E-state index contributed by atoms with van der Waals surface area (Å²) < 4.78 is 35.7. The lowest BCUT2D eigenvalue weighted by molar-refractivity contribution is -0.00216. The highest BCUT2D eigenvalue weighted by molar-refractivity contribution is 5.79. The zero-order valence-electron chi connectivity index (χ0n) is 17.1. The van der Waals surface area contributed by atoms with Crippen LogP contribution in [-0.4, -0.2) is 57.8 Å². The van der Waals surface area contributed by atoms with Gasteiger partial charge in [0.05, 0.1) is 6.54 Å². The zero-order chi connectivity index (χ0) is 21.3. The second-order valence-corrected chi connectivity index (χ2v) is 9.45. The van der Waals surface area contributed by atoms with Crippen LogP contribution in [0.25, 0.3) is 11.0 Å². The predicted molar refractivity (Wildman–Crippen MR) is 105 cm³/mol. The van der Waals surface area contributed by atoms with Gasteiger partial charge in [-0.05, 0) is 43.7 Å². The number of ether oxygens (including phenoxy) is 1. The Labute approximate surface area is 172 Å². The number of aliphatic hydroxyl groups is 1. The van der Waals surface area contributed by atoms with Gasteiger partial charge in [-0.25, -0.2) is 18.6 Å². The van der Waals surface area contributed by atoms with Crippen molar-refractivity contribution in [3.63, 3.8) is 0 Å². The lowest BCUT2D eigenvalue weighted by atomic mass is 9.91. The van der Waals surface area contributed by atoms with Crippen molar-refractivity contribution in [2.24, 2.45) is 5.92 Å². The Kier molecular flexibility index (Phi) is 4.34. The molecule has 2 saturated heterocycles. The lowest BCUT2D eigenvalue weighted by Crippen LogP contribution is -2.47. The molecule has 0 saturated carbocycles. The summed E-state index contributed by atoms with van der Waals surface area (Å²) in [5.41, 5.74) is -0.897. The van der Waals surface area contributed by atoms with Crippen molar-refractivity contribution >= 4 is 17.1 Å². The van der Waals surface area contributed by atoms with Gasteiger partial charge in [-0.2, -0.15) is 0 Å². The van der Waals surface area contributed by atoms with Crippen molar-refractivity contribution in [1.82, 2.24) is 20.2 Å². The SMILES string of the molecule is CC(C)(O)c1nc2c(F)c3c(c(F)c2[nH]1)CC(CN1CCC2(CC1)CNC(=O)O2)C3. The molecule has 3 N–H and O–H groups in total. The van der Waals surface area contributed by atoms with Gasteiger partial charge in [-0.1, -0.05) is 0 Å². The summed E-state index contributed by atoms with van der Waals surface area (Å²) in [5.74, 6) is -0.673. The summed E-state index contributed by atoms with van der Waals surface area (Å²) in [7, 11) is 0. The number of nitrogens with zero attached hydrogens (tertiary/aromatic N) is 2. The maximum absolute atomic E-state index is 15.2. The van der Waals surface area contributed by atoms with Crippen LogP contribution >= 0.6 is 0 Å². The number of benzene rings is 1. The number of aromatic nitrogens is 2. The molecule has 1 unspecified atom stereocenters. The van der Waals surface area contributed by atoms with E-state index in [-0.39, 0.29) is 28.9 Å². The largest absolute Gasteiger partial charge is 0.441 e. The van der Waals surface area contributed by atoms with E-state index in [1.807, 2.05) is 0 Å². The highest BCUT2D eigenvalue weighted by atomic mass is 19.1. The topological polar surface area (TPSA) is 90.5 Å². The van der Waals surface area contributed by atoms with Crippen molar-refractivity contribution in [1.29, 1.82) is 0 Å². The molecule has 30 heavy (non-hydrogen) atoms. The Balaban J connectivity index is 1.31. The summed E-state index contributed by atoms with van der Waals surface area (Å²) >= 11 is 0. The third-order valence-electron chi connectivity index (χ3n) is 6.74. The number of aromatic amines is 1. The van der Waals surface area contributed by atoms with E-state index in [0.29, 0.717) is 30.5 Å². The molecule has 7 nitrogen and oxygen atoms in total. The molecule has 1 aliphatic carbocycles. The minimum absolute atomic E-state index is 0.0273. The highest BCUT2D eigenvalue weighted by Crippen LogP contribution is 2.38. The standard InChI is InChI=1S/C21H26F2N4O3/c1-20(2,29)18-25-16-14(22)12-7-11(8-13(12)15(23)17(16)26-18)9-27-5-3-21(4-6-27)10-24-19(28)30-21/h11,29H,3-10H2,1-2H3,(H,24,28)(H,25,26). The molecule has 1 aromatic heterocycles. The minimum atomic E-state index is -1.31. The van der Waals surface area contributed by atoms with Crippen LogP contribution in [0.5, 0.6) is 0 Å². The smallest absolute Gasteiger partial charge is 0.407 e. The van der Waals surface area contributed by atoms with E-state index in [9.17, 15) is 9.90 Å². The second kappa shape index (κ2) is 6.62. The first-order valence-corrected chi connectivity index (χ1v) is 10.5. The van der Waals surface area contributed by atoms with Crippen LogP contribution in [0, 0.1) is 17.6 Å². The molecule has 3 aliphatic rings. The quantitative estimate of drug-likeness (QED) is 0.709. The number of piperidine rings is 1. The maximum atomic E-state index is 15.2. The van der Waals surface area contributed by atoms with Crippen LogP contribution in [0.15, 0.2) is 0 Å². The number of imidazole rings is 1. The third kappa shape index (κ3) is 3.15. The van der Waals surface area contributed by atoms with Crippen LogP contribution in [0.1, 0.15) is 43.6 Å². The van der Waals surface area contributed by atoms with Crippen LogP contribution in [-0.2, 0) is 23.2 Å². The average molecular weight is 420 g/mol. The molecule has 2 fully saturated rings. The zero-order valence-corrected chi connectivity index (χ0v) is 17.1. The second-order valence-electron chi connectivity index (χ2n) is 9.45. The first-order chi connectivity index (χ1) is 14.2. The molecule has 9 heteroatoms. The van der Waals surface area contributed by atoms with Gasteiger partial charge in [0.1, 0.15) is 28.1 Å². The van der Waals surface area contributed by atoms with Crippen molar-refractivity contribution in [3.05, 3.63) is 28.6 Å². The number of fused-ring (bicyclic) bond motifs is 2. The molecule has 1 amide bonds. The Hall–Kier alpha value is -2.26. The van der Waals surface area contributed by atoms with Gasteiger partial charge >= 0.3 is 6.09 Å². The number of carbonyl (C=O) groups excluding carboxylic acids is 1. The summed E-state index contributed by atoms with van der Waals surface area (Å²) in [6, 6.07) is 0. The number of halogens is 2. The summed E-state index contributed by atoms with van der Waals surface area (Å²) in [4.78, 5) is 20.6. The van der Waals surface area contributed by atoms with Gasteiger partial charge in [0.25, 0.3) is 0 Å². The summed E-state index contributed by atoms with van der Waals surface area (Å²) in [6.45, 7) is 5.94. The van der Waals surface area contributed by atoms with E-state index >= 15 is 8.78 Å². The molecule has 2 aromatic rings. The van der Waals surface area contributed by atoms with E-state index in [2.05, 4.69) is 20.2 Å². The monoisotopic (exact) mass is 420 g/mol. The number of hydrogen-bond donors (Lipinski definition) is 3. The number of likely N-dealkylation sites (tertiary alicyclic amines) is 1. The van der Waals surface area contributed by atoms with Gasteiger partial charge < -0.3 is 25.0 Å². The van der Waals surface area contributed by atoms with E-state index in [1.54, 1.807) is 0 Å². The molecular formula is C21H26F2N4O3. The highest BCUT2D eigenvalue weighted by Gasteiger charge is 2.43. The van der Waals surface area contributed by atoms with Crippen LogP contribution in [0.2, 0.25) is 0 Å². The van der Waals surface area contributed by atoms with Gasteiger partial charge in [0.15, 0.2) is 11.6 Å². The minimum Gasteiger partial charge on any atom is -0.441 e. The molecule has 0 bridgehead atoms. The van der Waals surface area contributed by atoms with Gasteiger partial charge in [0.2, 0.25) is 0 Å². The average Bonchev–Trinajstić information content (AvgIpc) is 3.39. The van der Waals surface area contributed by atoms with Crippen LogP contribution in [0.3, 0.4) is 0 Å². The fourth-order valence-corrected chi connectivity index (χ4v) is 5.03. The number of H-pyrrole nitrogens is 1. The van der Waals surface area contributed by atoms with E-state index in [1.165, 1.54) is 13.8 Å². The van der Waals surface area contributed by atoms with Gasteiger partial charge in [0, 0.05) is 32.5 Å². The normalized spacial score (nSPS) is 22.0. The predicted octanol–water partition coefficient (Wildman–Crippen LogP) is 2.36. The molecule has 162 valence electrons. The Bertz CT molecular complexity index is 973. The van der Waals surface area contributed by atoms with Crippen molar-refractivity contribution < 1.29 is 23.4 Å². The van der Waals surface area contributed by atoms with Crippen LogP contribution < -0.4 is 5.32 Å². The summed E-state index contributed by atoms with van der Waals surface area (Å²) in [6.07, 6.45) is 2.12. The Morgan fingerprint density at radius 3 is 2.50 bits per heavy atom. The van der Waals surface area contributed by atoms with Gasteiger partial charge in [-0.15, -0.1) is 0 Å². The third-order valence-corrected chi connectivity index (χ3v) is 6.74. The molecule has 3 heterocycles. The fourth-order valence-electron chi connectivity index (χ4n) is 5.03. The molecule has 5 rings (SSSR count). The van der Waals surface area contributed by atoms with Crippen molar-refractivity contribution in [2.75, 3.05) is 26.2 Å². The van der Waals surface area contributed by atoms with Crippen molar-refractivity contribution in [3.8, 4) is 0 Å². The molecule has 1 atom stereocenters. The van der Waals surface area contributed by atoms with Gasteiger partial charge in [-0.3, -0.25) is 0 Å². The Morgan fingerprint density at radius 2 is 1.90 bits per heavy atom. The number of alkyl carbamates (subject to hydrolysis) is 1. The first kappa shape index (κ1) is 19.7. The number of rotatable bonds is 3. The fraction of sp³-hybridized carbons (Fsp3) is 0.619. The molecule has 1 aromatic carbocycles. The van der Waals surface area contributed by atoms with Crippen LogP contribution in [0.4, 0.5) is 13.6 Å². The summed E-state index contributed by atoms with van der Waals surface area (Å²) in [5, 5.41) is 12.9. The molecular weight excluding hydrogens is 394 g/mol. The maximum Gasteiger partial charge on any atom is 0.407 e. The van der Waals surface area contributed by atoms with E-state index in [4.69, 9.17) is 4.74 Å². The first-order valence-electron chi connectivity index (χ1n) is 10.5.